The van der Waals surface area contributed by atoms with Crippen molar-refractivity contribution in [1.82, 2.24) is 9.88 Å². The quantitative estimate of drug-likeness (QED) is 0.630. The zero-order valence-corrected chi connectivity index (χ0v) is 15.9. The van der Waals surface area contributed by atoms with Crippen LogP contribution < -0.4 is 9.64 Å². The molecule has 2 aromatic carbocycles. The highest BCUT2D eigenvalue weighted by molar-refractivity contribution is 5.91. The summed E-state index contributed by atoms with van der Waals surface area (Å²) in [7, 11) is 0. The number of ether oxygens (including phenoxy) is 1. The van der Waals surface area contributed by atoms with Gasteiger partial charge in [0.1, 0.15) is 5.75 Å². The van der Waals surface area contributed by atoms with E-state index in [9.17, 15) is 13.2 Å². The van der Waals surface area contributed by atoms with E-state index in [1.54, 1.807) is 12.1 Å². The monoisotopic (exact) mass is 401 g/mol. The molecule has 4 nitrogen and oxygen atoms in total. The van der Waals surface area contributed by atoms with E-state index < -0.39 is 6.36 Å². The molecule has 0 aliphatic carbocycles. The number of anilines is 1. The molecule has 1 saturated heterocycles. The van der Waals surface area contributed by atoms with Crippen molar-refractivity contribution in [2.45, 2.75) is 12.8 Å². The molecule has 152 valence electrons. The number of alkyl halides is 3. The molecule has 2 heterocycles. The maximum atomic E-state index is 12.2. The van der Waals surface area contributed by atoms with Gasteiger partial charge in [0.25, 0.3) is 0 Å². The molecule has 0 atom stereocenters. The van der Waals surface area contributed by atoms with E-state index in [4.69, 9.17) is 0 Å². The van der Waals surface area contributed by atoms with Crippen LogP contribution in [0.5, 0.6) is 5.75 Å². The Morgan fingerprint density at radius 1 is 0.897 bits per heavy atom. The minimum atomic E-state index is -4.65. The van der Waals surface area contributed by atoms with Gasteiger partial charge < -0.3 is 9.64 Å². The number of hydrogen-bond acceptors (Lipinski definition) is 4. The number of pyridine rings is 1. The lowest BCUT2D eigenvalue weighted by molar-refractivity contribution is -0.274. The van der Waals surface area contributed by atoms with E-state index in [2.05, 4.69) is 31.7 Å². The molecular formula is C22H22F3N3O. The molecule has 1 fully saturated rings. The molecule has 1 aliphatic rings. The summed E-state index contributed by atoms with van der Waals surface area (Å²) in [4.78, 5) is 9.21. The average Bonchev–Trinajstić information content (AvgIpc) is 2.72. The smallest absolute Gasteiger partial charge is 0.406 e. The normalized spacial score (nSPS) is 15.6. The number of aromatic nitrogens is 1. The second-order valence-corrected chi connectivity index (χ2v) is 7.12. The lowest BCUT2D eigenvalue weighted by Crippen LogP contribution is -2.47. The molecule has 3 aromatic rings. The second kappa shape index (κ2) is 8.29. The Kier molecular flexibility index (Phi) is 5.58. The largest absolute Gasteiger partial charge is 0.573 e. The van der Waals surface area contributed by atoms with Crippen LogP contribution in [-0.4, -0.2) is 49.0 Å². The van der Waals surface area contributed by atoms with E-state index in [1.807, 2.05) is 24.4 Å². The minimum absolute atomic E-state index is 0.181. The zero-order valence-electron chi connectivity index (χ0n) is 15.9. The fourth-order valence-corrected chi connectivity index (χ4v) is 3.71. The van der Waals surface area contributed by atoms with Gasteiger partial charge in [-0.3, -0.25) is 9.88 Å². The number of fused-ring (bicyclic) bond motifs is 1. The Bertz CT molecular complexity index is 946. The van der Waals surface area contributed by atoms with Gasteiger partial charge in [-0.15, -0.1) is 13.2 Å². The third-order valence-electron chi connectivity index (χ3n) is 5.21. The summed E-state index contributed by atoms with van der Waals surface area (Å²) in [6.45, 7) is 4.65. The zero-order chi connectivity index (χ0) is 20.3. The predicted octanol–water partition coefficient (Wildman–Crippen LogP) is 4.50. The molecule has 0 bridgehead atoms. The van der Waals surface area contributed by atoms with Crippen LogP contribution in [0, 0.1) is 0 Å². The molecule has 0 amide bonds. The first kappa shape index (κ1) is 19.5. The summed E-state index contributed by atoms with van der Waals surface area (Å²) in [6, 6.07) is 16.4. The first-order chi connectivity index (χ1) is 14.0. The van der Waals surface area contributed by atoms with Crippen LogP contribution in [0.3, 0.4) is 0 Å². The predicted molar refractivity (Wildman–Crippen MR) is 107 cm³/mol. The van der Waals surface area contributed by atoms with Crippen LogP contribution in [-0.2, 0) is 6.42 Å². The summed E-state index contributed by atoms with van der Waals surface area (Å²) in [6.07, 6.45) is -2.00. The van der Waals surface area contributed by atoms with Crippen molar-refractivity contribution in [3.63, 3.8) is 0 Å². The van der Waals surface area contributed by atoms with Crippen molar-refractivity contribution in [3.05, 3.63) is 66.4 Å². The molecule has 0 radical (unpaired) electrons. The third kappa shape index (κ3) is 4.98. The van der Waals surface area contributed by atoms with Crippen LogP contribution in [0.4, 0.5) is 18.9 Å². The molecule has 0 spiro atoms. The van der Waals surface area contributed by atoms with Crippen LogP contribution in [0.25, 0.3) is 10.9 Å². The van der Waals surface area contributed by atoms with Crippen molar-refractivity contribution >= 4 is 16.6 Å². The second-order valence-electron chi connectivity index (χ2n) is 7.12. The molecule has 0 saturated carbocycles. The minimum Gasteiger partial charge on any atom is -0.406 e. The summed E-state index contributed by atoms with van der Waals surface area (Å²) >= 11 is 0. The summed E-state index contributed by atoms with van der Waals surface area (Å²) in [5, 5.41) is 1.17. The van der Waals surface area contributed by atoms with E-state index in [0.717, 1.165) is 50.2 Å². The number of rotatable bonds is 5. The molecule has 0 unspecified atom stereocenters. The van der Waals surface area contributed by atoms with Crippen molar-refractivity contribution in [3.8, 4) is 5.75 Å². The van der Waals surface area contributed by atoms with Gasteiger partial charge in [0.2, 0.25) is 0 Å². The van der Waals surface area contributed by atoms with Crippen molar-refractivity contribution in [1.29, 1.82) is 0 Å². The Hall–Kier alpha value is -2.80. The van der Waals surface area contributed by atoms with E-state index in [1.165, 1.54) is 23.2 Å². The summed E-state index contributed by atoms with van der Waals surface area (Å²) < 4.78 is 40.6. The molecule has 1 aliphatic heterocycles. The van der Waals surface area contributed by atoms with Gasteiger partial charge in [-0.05, 0) is 36.2 Å². The molecule has 29 heavy (non-hydrogen) atoms. The first-order valence-corrected chi connectivity index (χ1v) is 9.64. The fourth-order valence-electron chi connectivity index (χ4n) is 3.71. The average molecular weight is 401 g/mol. The standard InChI is InChI=1S/C22H22F3N3O/c23-22(24,25)29-18-7-5-17(6-8-18)10-12-27-13-15-28(16-14-27)21-9-11-26-20-4-2-1-3-19(20)21/h1-9,11H,10,12-16H2. The van der Waals surface area contributed by atoms with Gasteiger partial charge in [0.15, 0.2) is 0 Å². The number of para-hydroxylation sites is 1. The molecular weight excluding hydrogens is 379 g/mol. The van der Waals surface area contributed by atoms with Crippen LogP contribution >= 0.6 is 0 Å². The van der Waals surface area contributed by atoms with Gasteiger partial charge in [0, 0.05) is 50.0 Å². The Morgan fingerprint density at radius 3 is 2.34 bits per heavy atom. The summed E-state index contributed by atoms with van der Waals surface area (Å²) in [5.41, 5.74) is 3.22. The summed E-state index contributed by atoms with van der Waals surface area (Å²) in [5.74, 6) is -0.181. The topological polar surface area (TPSA) is 28.6 Å². The maximum Gasteiger partial charge on any atom is 0.573 e. The molecule has 0 N–H and O–H groups in total. The first-order valence-electron chi connectivity index (χ1n) is 9.64. The SMILES string of the molecule is FC(F)(F)Oc1ccc(CCN2CCN(c3ccnc4ccccc34)CC2)cc1. The van der Waals surface area contributed by atoms with Crippen molar-refractivity contribution in [2.24, 2.45) is 0 Å². The number of nitrogens with zero attached hydrogens (tertiary/aromatic N) is 3. The van der Waals surface area contributed by atoms with Gasteiger partial charge in [0.05, 0.1) is 5.52 Å². The number of piperazine rings is 1. The maximum absolute atomic E-state index is 12.2. The molecule has 4 rings (SSSR count). The van der Waals surface area contributed by atoms with Crippen molar-refractivity contribution in [2.75, 3.05) is 37.6 Å². The Balaban J connectivity index is 1.30. The highest BCUT2D eigenvalue weighted by atomic mass is 19.4. The van der Waals surface area contributed by atoms with Gasteiger partial charge in [-0.1, -0.05) is 30.3 Å². The van der Waals surface area contributed by atoms with Crippen LogP contribution in [0.15, 0.2) is 60.8 Å². The lowest BCUT2D eigenvalue weighted by Gasteiger charge is -2.36. The van der Waals surface area contributed by atoms with E-state index in [-0.39, 0.29) is 5.75 Å². The fraction of sp³-hybridized carbons (Fsp3) is 0.318. The highest BCUT2D eigenvalue weighted by Crippen LogP contribution is 2.26. The van der Waals surface area contributed by atoms with Crippen molar-refractivity contribution < 1.29 is 17.9 Å². The molecule has 7 heteroatoms. The van der Waals surface area contributed by atoms with Crippen LogP contribution in [0.1, 0.15) is 5.56 Å². The highest BCUT2D eigenvalue weighted by Gasteiger charge is 2.31. The van der Waals surface area contributed by atoms with Gasteiger partial charge in [-0.2, -0.15) is 0 Å². The van der Waals surface area contributed by atoms with E-state index in [0.29, 0.717) is 0 Å². The number of benzene rings is 2. The number of halogens is 3. The number of hydrogen-bond donors (Lipinski definition) is 0. The van der Waals surface area contributed by atoms with E-state index >= 15 is 0 Å². The van der Waals surface area contributed by atoms with Gasteiger partial charge >= 0.3 is 6.36 Å². The Labute approximate surface area is 167 Å². The lowest BCUT2D eigenvalue weighted by atomic mass is 10.1. The third-order valence-corrected chi connectivity index (χ3v) is 5.21. The Morgan fingerprint density at radius 2 is 1.62 bits per heavy atom. The molecule has 1 aromatic heterocycles. The van der Waals surface area contributed by atoms with Gasteiger partial charge in [-0.25, -0.2) is 0 Å². The van der Waals surface area contributed by atoms with Crippen LogP contribution in [0.2, 0.25) is 0 Å².